The van der Waals surface area contributed by atoms with Crippen molar-refractivity contribution in [2.24, 2.45) is 11.7 Å². The summed E-state index contributed by atoms with van der Waals surface area (Å²) in [4.78, 5) is 4.82. The molecule has 102 valence electrons. The highest BCUT2D eigenvalue weighted by Crippen LogP contribution is 2.40. The largest absolute Gasteiger partial charge is 0.319 e. The van der Waals surface area contributed by atoms with Crippen LogP contribution in [0.2, 0.25) is 0 Å². The van der Waals surface area contributed by atoms with Crippen molar-refractivity contribution < 1.29 is 0 Å². The van der Waals surface area contributed by atoms with E-state index in [4.69, 9.17) is 10.7 Å². The lowest BCUT2D eigenvalue weighted by Crippen LogP contribution is -2.40. The molecule has 2 rings (SSSR count). The van der Waals surface area contributed by atoms with Gasteiger partial charge in [0.05, 0.1) is 11.2 Å². The predicted molar refractivity (Wildman–Crippen MR) is 78.9 cm³/mol. The van der Waals surface area contributed by atoms with Gasteiger partial charge in [-0.1, -0.05) is 34.1 Å². The monoisotopic (exact) mass is 266 g/mol. The predicted octanol–water partition coefficient (Wildman–Crippen LogP) is 4.19. The minimum Gasteiger partial charge on any atom is -0.319 e. The van der Waals surface area contributed by atoms with Crippen LogP contribution in [0.1, 0.15) is 70.5 Å². The summed E-state index contributed by atoms with van der Waals surface area (Å²) in [7, 11) is 0. The molecule has 1 aliphatic rings. The summed E-state index contributed by atoms with van der Waals surface area (Å²) in [6, 6.07) is 0. The molecule has 0 spiro atoms. The first-order valence-corrected chi connectivity index (χ1v) is 7.98. The number of rotatable bonds is 2. The van der Waals surface area contributed by atoms with Gasteiger partial charge in [-0.3, -0.25) is 0 Å². The molecule has 1 fully saturated rings. The average Bonchev–Trinajstić information content (AvgIpc) is 2.79. The summed E-state index contributed by atoms with van der Waals surface area (Å²) in [6.45, 7) is 8.92. The fraction of sp³-hybridized carbons (Fsp3) is 0.800. The number of hydrogen-bond acceptors (Lipinski definition) is 3. The van der Waals surface area contributed by atoms with Gasteiger partial charge in [0.25, 0.3) is 0 Å². The van der Waals surface area contributed by atoms with E-state index < -0.39 is 0 Å². The Morgan fingerprint density at radius 3 is 2.44 bits per heavy atom. The summed E-state index contributed by atoms with van der Waals surface area (Å²) < 4.78 is 0. The van der Waals surface area contributed by atoms with E-state index >= 15 is 0 Å². The van der Waals surface area contributed by atoms with Gasteiger partial charge in [-0.15, -0.1) is 11.3 Å². The van der Waals surface area contributed by atoms with Crippen LogP contribution in [-0.4, -0.2) is 4.98 Å². The molecule has 18 heavy (non-hydrogen) atoms. The number of hydrogen-bond donors (Lipinski definition) is 1. The quantitative estimate of drug-likeness (QED) is 0.871. The third-order valence-corrected chi connectivity index (χ3v) is 5.34. The molecule has 0 unspecified atom stereocenters. The molecule has 3 heteroatoms. The van der Waals surface area contributed by atoms with Gasteiger partial charge in [0.1, 0.15) is 5.01 Å². The normalized spacial score (nSPS) is 29.5. The van der Waals surface area contributed by atoms with Gasteiger partial charge in [0.15, 0.2) is 0 Å². The van der Waals surface area contributed by atoms with Crippen LogP contribution >= 0.6 is 11.3 Å². The topological polar surface area (TPSA) is 38.9 Å². The van der Waals surface area contributed by atoms with Crippen LogP contribution in [0.3, 0.4) is 0 Å². The smallest absolute Gasteiger partial charge is 0.113 e. The molecule has 0 saturated heterocycles. The highest BCUT2D eigenvalue weighted by molar-refractivity contribution is 7.09. The number of thiazole rings is 1. The Morgan fingerprint density at radius 2 is 2.00 bits per heavy atom. The van der Waals surface area contributed by atoms with Crippen molar-refractivity contribution in [2.75, 3.05) is 0 Å². The zero-order chi connectivity index (χ0) is 13.4. The van der Waals surface area contributed by atoms with Crippen LogP contribution in [0, 0.1) is 5.92 Å². The first-order valence-electron chi connectivity index (χ1n) is 7.10. The Balaban J connectivity index is 2.14. The number of nitrogens with zero attached hydrogens (tertiary/aromatic N) is 1. The summed E-state index contributed by atoms with van der Waals surface area (Å²) in [5, 5.41) is 3.34. The molecule has 0 aliphatic heterocycles. The van der Waals surface area contributed by atoms with Crippen molar-refractivity contribution in [1.29, 1.82) is 0 Å². The highest BCUT2D eigenvalue weighted by Gasteiger charge is 2.35. The molecule has 1 aromatic rings. The van der Waals surface area contributed by atoms with Crippen LogP contribution < -0.4 is 5.73 Å². The summed E-state index contributed by atoms with van der Waals surface area (Å²) in [5.74, 6) is 0.878. The molecule has 1 heterocycles. The van der Waals surface area contributed by atoms with E-state index in [0.29, 0.717) is 0 Å². The summed E-state index contributed by atoms with van der Waals surface area (Å²) >= 11 is 1.75. The van der Waals surface area contributed by atoms with Crippen molar-refractivity contribution in [2.45, 2.75) is 70.8 Å². The molecule has 1 aromatic heterocycles. The SMILES string of the molecule is CCC1CCC(N)(c2nc(C(C)(C)C)cs2)CC1. The Hall–Kier alpha value is -0.410. The molecule has 1 saturated carbocycles. The minimum absolute atomic E-state index is 0.131. The fourth-order valence-electron chi connectivity index (χ4n) is 2.66. The lowest BCUT2D eigenvalue weighted by atomic mass is 9.76. The number of aromatic nitrogens is 1. The molecular weight excluding hydrogens is 240 g/mol. The number of nitrogens with two attached hydrogens (primary N) is 1. The van der Waals surface area contributed by atoms with E-state index in [1.54, 1.807) is 11.3 Å². The first kappa shape index (κ1) is 14.0. The van der Waals surface area contributed by atoms with Gasteiger partial charge in [-0.25, -0.2) is 4.98 Å². The molecule has 0 amide bonds. The van der Waals surface area contributed by atoms with Gasteiger partial charge in [-0.2, -0.15) is 0 Å². The standard InChI is InChI=1S/C15H26N2S/c1-5-11-6-8-15(16,9-7-11)13-17-12(10-18-13)14(2,3)4/h10-11H,5-9,16H2,1-4H3. The fourth-order valence-corrected chi connectivity index (χ4v) is 3.88. The second kappa shape index (κ2) is 4.93. The van der Waals surface area contributed by atoms with E-state index in [1.807, 2.05) is 0 Å². The highest BCUT2D eigenvalue weighted by atomic mass is 32.1. The summed E-state index contributed by atoms with van der Waals surface area (Å²) in [6.07, 6.45) is 6.02. The second-order valence-corrected chi connectivity index (χ2v) is 7.65. The van der Waals surface area contributed by atoms with E-state index in [2.05, 4.69) is 33.1 Å². The van der Waals surface area contributed by atoms with Gasteiger partial charge in [-0.05, 0) is 31.6 Å². The lowest BCUT2D eigenvalue weighted by molar-refractivity contribution is 0.230. The molecule has 0 radical (unpaired) electrons. The van der Waals surface area contributed by atoms with Gasteiger partial charge in [0.2, 0.25) is 0 Å². The van der Waals surface area contributed by atoms with Crippen LogP contribution in [0.15, 0.2) is 5.38 Å². The van der Waals surface area contributed by atoms with Crippen molar-refractivity contribution in [3.8, 4) is 0 Å². The third kappa shape index (κ3) is 2.77. The Kier molecular flexibility index (Phi) is 3.84. The minimum atomic E-state index is -0.153. The Morgan fingerprint density at radius 1 is 1.39 bits per heavy atom. The van der Waals surface area contributed by atoms with Crippen molar-refractivity contribution in [3.63, 3.8) is 0 Å². The van der Waals surface area contributed by atoms with Crippen molar-refractivity contribution in [1.82, 2.24) is 4.98 Å². The molecule has 2 N–H and O–H groups in total. The molecule has 1 aliphatic carbocycles. The molecular formula is C15H26N2S. The Labute approximate surface area is 115 Å². The Bertz CT molecular complexity index is 395. The molecule has 0 atom stereocenters. The third-order valence-electron chi connectivity index (χ3n) is 4.27. The average molecular weight is 266 g/mol. The van der Waals surface area contributed by atoms with Gasteiger partial charge < -0.3 is 5.73 Å². The summed E-state index contributed by atoms with van der Waals surface area (Å²) in [5.41, 5.74) is 7.76. The molecule has 0 bridgehead atoms. The second-order valence-electron chi connectivity index (χ2n) is 6.80. The zero-order valence-electron chi connectivity index (χ0n) is 12.1. The van der Waals surface area contributed by atoms with E-state index in [1.165, 1.54) is 25.0 Å². The lowest BCUT2D eigenvalue weighted by Gasteiger charge is -2.35. The van der Waals surface area contributed by atoms with Crippen LogP contribution in [0.25, 0.3) is 0 Å². The van der Waals surface area contributed by atoms with Crippen molar-refractivity contribution >= 4 is 11.3 Å². The van der Waals surface area contributed by atoms with E-state index in [-0.39, 0.29) is 11.0 Å². The van der Waals surface area contributed by atoms with E-state index in [0.717, 1.165) is 23.8 Å². The zero-order valence-corrected chi connectivity index (χ0v) is 12.9. The van der Waals surface area contributed by atoms with Gasteiger partial charge >= 0.3 is 0 Å². The van der Waals surface area contributed by atoms with Crippen molar-refractivity contribution in [3.05, 3.63) is 16.1 Å². The van der Waals surface area contributed by atoms with Crippen LogP contribution in [0.4, 0.5) is 0 Å². The maximum atomic E-state index is 6.60. The first-order chi connectivity index (χ1) is 8.35. The van der Waals surface area contributed by atoms with Crippen LogP contribution in [-0.2, 0) is 11.0 Å². The van der Waals surface area contributed by atoms with Gasteiger partial charge in [0, 0.05) is 10.8 Å². The maximum absolute atomic E-state index is 6.60. The van der Waals surface area contributed by atoms with Crippen LogP contribution in [0.5, 0.6) is 0 Å². The molecule has 2 nitrogen and oxygen atoms in total. The molecule has 0 aromatic carbocycles. The van der Waals surface area contributed by atoms with E-state index in [9.17, 15) is 0 Å². The maximum Gasteiger partial charge on any atom is 0.113 e.